The molecule has 1 nitrogen and oxygen atoms in total. The third kappa shape index (κ3) is 1.79. The fourth-order valence-electron chi connectivity index (χ4n) is 1.64. The molecular weight excluding hydrogens is 196 g/mol. The Kier molecular flexibility index (Phi) is 2.35. The lowest BCUT2D eigenvalue weighted by atomic mass is 10.0. The molecule has 0 saturated heterocycles. The number of rotatable bonds is 3. The summed E-state index contributed by atoms with van der Waals surface area (Å²) in [6.07, 6.45) is 3.13. The van der Waals surface area contributed by atoms with Gasteiger partial charge in [-0.25, -0.2) is 8.78 Å². The van der Waals surface area contributed by atoms with E-state index >= 15 is 0 Å². The zero-order valence-electron chi connectivity index (χ0n) is 8.29. The molecular formula is C12H13F2N. The van der Waals surface area contributed by atoms with E-state index in [1.807, 2.05) is 30.3 Å². The lowest BCUT2D eigenvalue weighted by Crippen LogP contribution is -2.19. The van der Waals surface area contributed by atoms with Gasteiger partial charge in [-0.1, -0.05) is 42.5 Å². The van der Waals surface area contributed by atoms with E-state index in [2.05, 4.69) is 0 Å². The first-order chi connectivity index (χ1) is 7.10. The molecule has 1 aliphatic rings. The maximum atomic E-state index is 13.0. The molecule has 1 atom stereocenters. The minimum atomic E-state index is -2.62. The summed E-state index contributed by atoms with van der Waals surface area (Å²) >= 11 is 0. The first-order valence-corrected chi connectivity index (χ1v) is 4.92. The normalized spacial score (nSPS) is 28.2. The lowest BCUT2D eigenvalue weighted by Gasteiger charge is -2.07. The fourth-order valence-corrected chi connectivity index (χ4v) is 1.64. The van der Waals surface area contributed by atoms with E-state index in [-0.39, 0.29) is 13.0 Å². The van der Waals surface area contributed by atoms with E-state index in [1.165, 1.54) is 0 Å². The van der Waals surface area contributed by atoms with Crippen molar-refractivity contribution in [1.29, 1.82) is 0 Å². The zero-order chi connectivity index (χ0) is 10.9. The Morgan fingerprint density at radius 2 is 1.87 bits per heavy atom. The molecule has 0 aromatic heterocycles. The molecule has 1 fully saturated rings. The van der Waals surface area contributed by atoms with Gasteiger partial charge in [-0.3, -0.25) is 0 Å². The van der Waals surface area contributed by atoms with Crippen molar-refractivity contribution in [2.45, 2.75) is 12.3 Å². The van der Waals surface area contributed by atoms with Crippen molar-refractivity contribution >= 4 is 6.08 Å². The molecule has 1 aromatic carbocycles. The Balaban J connectivity index is 2.13. The molecule has 0 radical (unpaired) electrons. The SMILES string of the molecule is NCC1(/C=C/c2ccccc2)CC1(F)F. The molecule has 0 bridgehead atoms. The monoisotopic (exact) mass is 209 g/mol. The van der Waals surface area contributed by atoms with Crippen LogP contribution in [0.25, 0.3) is 6.08 Å². The third-order valence-electron chi connectivity index (χ3n) is 2.90. The molecule has 1 unspecified atom stereocenters. The highest BCUT2D eigenvalue weighted by molar-refractivity contribution is 5.51. The first kappa shape index (κ1) is 10.3. The summed E-state index contributed by atoms with van der Waals surface area (Å²) in [5.41, 5.74) is 5.21. The predicted molar refractivity (Wildman–Crippen MR) is 56.5 cm³/mol. The van der Waals surface area contributed by atoms with E-state index in [4.69, 9.17) is 5.73 Å². The van der Waals surface area contributed by atoms with Crippen LogP contribution in [0.1, 0.15) is 12.0 Å². The van der Waals surface area contributed by atoms with Crippen LogP contribution < -0.4 is 5.73 Å². The van der Waals surface area contributed by atoms with Gasteiger partial charge in [-0.15, -0.1) is 0 Å². The Bertz CT molecular complexity index is 372. The molecule has 0 spiro atoms. The highest BCUT2D eigenvalue weighted by atomic mass is 19.3. The molecule has 0 amide bonds. The van der Waals surface area contributed by atoms with Gasteiger partial charge in [0.15, 0.2) is 0 Å². The average molecular weight is 209 g/mol. The topological polar surface area (TPSA) is 26.0 Å². The highest BCUT2D eigenvalue weighted by Gasteiger charge is 2.68. The van der Waals surface area contributed by atoms with E-state index < -0.39 is 11.3 Å². The van der Waals surface area contributed by atoms with Gasteiger partial charge in [0.2, 0.25) is 0 Å². The molecule has 2 rings (SSSR count). The van der Waals surface area contributed by atoms with Crippen LogP contribution in [0.2, 0.25) is 0 Å². The van der Waals surface area contributed by atoms with Crippen molar-refractivity contribution in [3.8, 4) is 0 Å². The third-order valence-corrected chi connectivity index (χ3v) is 2.90. The second kappa shape index (κ2) is 3.42. The Morgan fingerprint density at radius 1 is 1.27 bits per heavy atom. The van der Waals surface area contributed by atoms with Crippen molar-refractivity contribution < 1.29 is 8.78 Å². The molecule has 0 heterocycles. The van der Waals surface area contributed by atoms with Gasteiger partial charge in [0.05, 0.1) is 5.41 Å². The van der Waals surface area contributed by atoms with E-state index in [0.29, 0.717) is 0 Å². The highest BCUT2D eigenvalue weighted by Crippen LogP contribution is 2.60. The fraction of sp³-hybridized carbons (Fsp3) is 0.333. The maximum absolute atomic E-state index is 13.0. The Hall–Kier alpha value is -1.22. The Morgan fingerprint density at radius 3 is 2.33 bits per heavy atom. The zero-order valence-corrected chi connectivity index (χ0v) is 8.29. The minimum Gasteiger partial charge on any atom is -0.329 e. The quantitative estimate of drug-likeness (QED) is 0.813. The van der Waals surface area contributed by atoms with Crippen LogP contribution in [0.5, 0.6) is 0 Å². The van der Waals surface area contributed by atoms with Gasteiger partial charge in [-0.2, -0.15) is 0 Å². The van der Waals surface area contributed by atoms with Crippen LogP contribution in [0.15, 0.2) is 36.4 Å². The average Bonchev–Trinajstić information content (AvgIpc) is 2.80. The first-order valence-electron chi connectivity index (χ1n) is 4.92. The number of halogens is 2. The molecule has 2 N–H and O–H groups in total. The van der Waals surface area contributed by atoms with Crippen LogP contribution in [-0.2, 0) is 0 Å². The second-order valence-corrected chi connectivity index (χ2v) is 3.99. The van der Waals surface area contributed by atoms with Crippen LogP contribution in [0.4, 0.5) is 8.78 Å². The maximum Gasteiger partial charge on any atom is 0.259 e. The van der Waals surface area contributed by atoms with Gasteiger partial charge in [0.1, 0.15) is 0 Å². The molecule has 3 heteroatoms. The summed E-state index contributed by atoms with van der Waals surface area (Å²) in [5.74, 6) is -2.62. The number of nitrogens with two attached hydrogens (primary N) is 1. The summed E-state index contributed by atoms with van der Waals surface area (Å²) in [6, 6.07) is 9.39. The van der Waals surface area contributed by atoms with Gasteiger partial charge in [-0.05, 0) is 5.56 Å². The van der Waals surface area contributed by atoms with Gasteiger partial charge >= 0.3 is 0 Å². The molecule has 1 aromatic rings. The van der Waals surface area contributed by atoms with Crippen molar-refractivity contribution in [2.24, 2.45) is 11.1 Å². The lowest BCUT2D eigenvalue weighted by molar-refractivity contribution is 0.0819. The van der Waals surface area contributed by atoms with Gasteiger partial charge < -0.3 is 5.73 Å². The van der Waals surface area contributed by atoms with Crippen molar-refractivity contribution in [1.82, 2.24) is 0 Å². The molecule has 80 valence electrons. The van der Waals surface area contributed by atoms with Crippen LogP contribution >= 0.6 is 0 Å². The standard InChI is InChI=1S/C12H13F2N/c13-12(14)8-11(12,9-15)7-6-10-4-2-1-3-5-10/h1-7H,8-9,15H2/b7-6+. The molecule has 15 heavy (non-hydrogen) atoms. The molecule has 0 aliphatic heterocycles. The van der Waals surface area contributed by atoms with Gasteiger partial charge in [0, 0.05) is 13.0 Å². The molecule has 1 aliphatic carbocycles. The van der Waals surface area contributed by atoms with E-state index in [1.54, 1.807) is 12.2 Å². The van der Waals surface area contributed by atoms with Crippen molar-refractivity contribution in [3.05, 3.63) is 42.0 Å². The summed E-state index contributed by atoms with van der Waals surface area (Å²) in [5, 5.41) is 0. The second-order valence-electron chi connectivity index (χ2n) is 3.99. The largest absolute Gasteiger partial charge is 0.329 e. The summed E-state index contributed by atoms with van der Waals surface area (Å²) < 4.78 is 26.0. The minimum absolute atomic E-state index is 0.00331. The number of hydrogen-bond acceptors (Lipinski definition) is 1. The number of alkyl halides is 2. The van der Waals surface area contributed by atoms with E-state index in [9.17, 15) is 8.78 Å². The van der Waals surface area contributed by atoms with Crippen LogP contribution in [0.3, 0.4) is 0 Å². The van der Waals surface area contributed by atoms with Crippen molar-refractivity contribution in [2.75, 3.05) is 6.54 Å². The van der Waals surface area contributed by atoms with Crippen LogP contribution in [-0.4, -0.2) is 12.5 Å². The Labute approximate surface area is 87.6 Å². The predicted octanol–water partition coefficient (Wildman–Crippen LogP) is 2.68. The van der Waals surface area contributed by atoms with E-state index in [0.717, 1.165) is 5.56 Å². The van der Waals surface area contributed by atoms with Crippen molar-refractivity contribution in [3.63, 3.8) is 0 Å². The number of hydrogen-bond donors (Lipinski definition) is 1. The number of benzene rings is 1. The smallest absolute Gasteiger partial charge is 0.259 e. The molecule has 1 saturated carbocycles. The summed E-state index contributed by atoms with van der Waals surface area (Å²) in [6.45, 7) is 0.00331. The summed E-state index contributed by atoms with van der Waals surface area (Å²) in [7, 11) is 0. The van der Waals surface area contributed by atoms with Gasteiger partial charge in [0.25, 0.3) is 5.92 Å². The summed E-state index contributed by atoms with van der Waals surface area (Å²) in [4.78, 5) is 0. The van der Waals surface area contributed by atoms with Crippen LogP contribution in [0, 0.1) is 5.41 Å².